The van der Waals surface area contributed by atoms with Crippen LogP contribution in [0, 0.1) is 32.4 Å². The van der Waals surface area contributed by atoms with Crippen LogP contribution in [0.4, 0.5) is 8.78 Å². The lowest BCUT2D eigenvalue weighted by molar-refractivity contribution is 0.0697. The van der Waals surface area contributed by atoms with E-state index in [2.05, 4.69) is 15.3 Å². The normalized spacial score (nSPS) is 11.5. The Morgan fingerprint density at radius 1 is 0.929 bits per heavy atom. The second-order valence-corrected chi connectivity index (χ2v) is 10.1. The van der Waals surface area contributed by atoms with Crippen LogP contribution in [0.3, 0.4) is 0 Å². The molecule has 1 heterocycles. The van der Waals surface area contributed by atoms with Gasteiger partial charge in [-0.25, -0.2) is 18.6 Å². The Balaban J connectivity index is 1.85. The number of aromatic amines is 1. The number of aryl methyl sites for hydroxylation is 3. The Bertz CT molecular complexity index is 1680. The van der Waals surface area contributed by atoms with Crippen LogP contribution in [-0.2, 0) is 0 Å². The summed E-state index contributed by atoms with van der Waals surface area (Å²) in [4.78, 5) is 33.3. The Kier molecular flexibility index (Phi) is 9.47. The Labute approximate surface area is 243 Å². The molecule has 0 bridgehead atoms. The van der Waals surface area contributed by atoms with Gasteiger partial charge in [-0.15, -0.1) is 0 Å². The molecular formula is C34H33F2N3O3. The van der Waals surface area contributed by atoms with Gasteiger partial charge in [-0.3, -0.25) is 4.79 Å². The van der Waals surface area contributed by atoms with Gasteiger partial charge < -0.3 is 15.4 Å². The molecular weight excluding hydrogens is 536 g/mol. The summed E-state index contributed by atoms with van der Waals surface area (Å²) in [6.07, 6.45) is 1.58. The molecule has 0 radical (unpaired) electrons. The summed E-state index contributed by atoms with van der Waals surface area (Å²) in [6, 6.07) is 21.7. The van der Waals surface area contributed by atoms with Crippen molar-refractivity contribution in [1.82, 2.24) is 15.3 Å². The number of hydrogen-bond acceptors (Lipinski definition) is 3. The van der Waals surface area contributed by atoms with Crippen molar-refractivity contribution in [1.29, 1.82) is 0 Å². The van der Waals surface area contributed by atoms with Gasteiger partial charge in [-0.1, -0.05) is 67.9 Å². The fraction of sp³-hybridized carbons (Fsp3) is 0.206. The van der Waals surface area contributed by atoms with Crippen LogP contribution < -0.4 is 5.32 Å². The van der Waals surface area contributed by atoms with Crippen LogP contribution in [0.1, 0.15) is 69.0 Å². The third-order valence-electron chi connectivity index (χ3n) is 7.00. The van der Waals surface area contributed by atoms with E-state index in [-0.39, 0.29) is 34.6 Å². The number of amides is 1. The molecule has 0 aliphatic carbocycles. The molecule has 1 atom stereocenters. The minimum atomic E-state index is -1.21. The van der Waals surface area contributed by atoms with Crippen LogP contribution in [-0.4, -0.2) is 27.0 Å². The molecule has 0 saturated heterocycles. The van der Waals surface area contributed by atoms with E-state index in [1.165, 1.54) is 19.1 Å². The summed E-state index contributed by atoms with van der Waals surface area (Å²) >= 11 is 0. The maximum absolute atomic E-state index is 14.6. The topological polar surface area (TPSA) is 95.1 Å². The number of nitrogens with zero attached hydrogens (tertiary/aromatic N) is 1. The minimum Gasteiger partial charge on any atom is -0.478 e. The maximum Gasteiger partial charge on any atom is 0.336 e. The van der Waals surface area contributed by atoms with E-state index in [0.29, 0.717) is 22.4 Å². The molecule has 0 spiro atoms. The van der Waals surface area contributed by atoms with Crippen LogP contribution in [0.5, 0.6) is 0 Å². The smallest absolute Gasteiger partial charge is 0.336 e. The van der Waals surface area contributed by atoms with E-state index in [4.69, 9.17) is 0 Å². The number of rotatable bonds is 8. The molecule has 0 aliphatic rings. The maximum atomic E-state index is 14.6. The van der Waals surface area contributed by atoms with Crippen LogP contribution in [0.25, 0.3) is 22.5 Å². The van der Waals surface area contributed by atoms with Gasteiger partial charge in [-0.05, 0) is 73.7 Å². The number of aromatic nitrogens is 2. The zero-order valence-electron chi connectivity index (χ0n) is 24.0. The third-order valence-corrected chi connectivity index (χ3v) is 7.00. The number of carboxylic acid groups (broad SMARTS) is 1. The first-order valence-electron chi connectivity index (χ1n) is 13.7. The molecule has 4 aromatic rings. The van der Waals surface area contributed by atoms with Crippen molar-refractivity contribution < 1.29 is 23.5 Å². The SMILES string of the molecule is CCC[C@@H](NC(=O)c1ccc(-c2c(C)cccc2-c2nc(C)c(F)c(F)ccc(C)[nH]2)c(C(=O)O)c1)c1ccccc1. The zero-order chi connectivity index (χ0) is 30.4. The molecule has 1 amide bonds. The fourth-order valence-electron chi connectivity index (χ4n) is 4.89. The largest absolute Gasteiger partial charge is 0.478 e. The fourth-order valence-corrected chi connectivity index (χ4v) is 4.89. The van der Waals surface area contributed by atoms with Crippen molar-refractivity contribution in [3.8, 4) is 22.5 Å². The predicted octanol–water partition coefficient (Wildman–Crippen LogP) is 8.04. The average Bonchev–Trinajstić information content (AvgIpc) is 3.02. The number of hydrogen-bond donors (Lipinski definition) is 3. The molecule has 0 fully saturated rings. The zero-order valence-corrected chi connectivity index (χ0v) is 24.0. The summed E-state index contributed by atoms with van der Waals surface area (Å²) in [5, 5.41) is 13.3. The standard InChI is InChI=1S/C34H33F2N3O3/c1-5-10-29(23-12-7-6-8-13-23)39-33(40)24-16-17-25(27(19-24)34(41)42)30-20(2)11-9-14-26(30)32-37-21(3)15-18-28(35)31(36)22(4)38-32/h6-9,11-19,29H,5,10H2,1-4H3,(H,37,38)(H,39,40)(H,41,42)/t29-/m1/s1. The second kappa shape index (κ2) is 13.2. The van der Waals surface area contributed by atoms with Gasteiger partial charge in [-0.2, -0.15) is 0 Å². The molecule has 42 heavy (non-hydrogen) atoms. The van der Waals surface area contributed by atoms with Crippen molar-refractivity contribution >= 4 is 11.9 Å². The van der Waals surface area contributed by atoms with E-state index < -0.39 is 17.6 Å². The van der Waals surface area contributed by atoms with Crippen molar-refractivity contribution in [2.45, 2.75) is 46.6 Å². The Morgan fingerprint density at radius 2 is 1.67 bits per heavy atom. The van der Waals surface area contributed by atoms with Gasteiger partial charge in [0.05, 0.1) is 17.3 Å². The molecule has 3 aromatic carbocycles. The van der Waals surface area contributed by atoms with Crippen molar-refractivity contribution in [2.75, 3.05) is 0 Å². The van der Waals surface area contributed by atoms with Gasteiger partial charge in [0, 0.05) is 16.8 Å². The highest BCUT2D eigenvalue weighted by Crippen LogP contribution is 2.36. The van der Waals surface area contributed by atoms with Gasteiger partial charge >= 0.3 is 5.97 Å². The lowest BCUT2D eigenvalue weighted by Crippen LogP contribution is -2.28. The number of halogens is 2. The van der Waals surface area contributed by atoms with Gasteiger partial charge in [0.25, 0.3) is 5.91 Å². The summed E-state index contributed by atoms with van der Waals surface area (Å²) < 4.78 is 28.8. The molecule has 0 saturated carbocycles. The van der Waals surface area contributed by atoms with E-state index in [1.807, 2.05) is 50.2 Å². The third kappa shape index (κ3) is 6.71. The first-order valence-corrected chi connectivity index (χ1v) is 13.7. The van der Waals surface area contributed by atoms with Gasteiger partial charge in [0.2, 0.25) is 0 Å². The summed E-state index contributed by atoms with van der Waals surface area (Å²) in [7, 11) is 0. The lowest BCUT2D eigenvalue weighted by Gasteiger charge is -2.20. The number of carbonyl (C=O) groups excluding carboxylic acids is 1. The van der Waals surface area contributed by atoms with E-state index in [0.717, 1.165) is 30.0 Å². The first kappa shape index (κ1) is 30.1. The molecule has 0 unspecified atom stereocenters. The van der Waals surface area contributed by atoms with Crippen molar-refractivity contribution in [3.05, 3.63) is 124 Å². The van der Waals surface area contributed by atoms with E-state index >= 15 is 0 Å². The minimum absolute atomic E-state index is 0.0768. The van der Waals surface area contributed by atoms with Gasteiger partial charge in [0.15, 0.2) is 11.6 Å². The predicted molar refractivity (Wildman–Crippen MR) is 160 cm³/mol. The van der Waals surface area contributed by atoms with Crippen LogP contribution in [0.15, 0.2) is 78.9 Å². The van der Waals surface area contributed by atoms with E-state index in [9.17, 15) is 23.5 Å². The van der Waals surface area contributed by atoms with Crippen LogP contribution >= 0.6 is 0 Å². The molecule has 3 N–H and O–H groups in total. The Morgan fingerprint density at radius 3 is 2.36 bits per heavy atom. The first-order chi connectivity index (χ1) is 20.1. The van der Waals surface area contributed by atoms with Crippen molar-refractivity contribution in [2.24, 2.45) is 0 Å². The number of H-pyrrole nitrogens is 1. The average molecular weight is 570 g/mol. The van der Waals surface area contributed by atoms with Crippen LogP contribution in [0.2, 0.25) is 0 Å². The summed E-state index contributed by atoms with van der Waals surface area (Å²) in [5.74, 6) is -3.51. The number of benzene rings is 3. The summed E-state index contributed by atoms with van der Waals surface area (Å²) in [5.41, 5.74) is 3.55. The highest BCUT2D eigenvalue weighted by molar-refractivity contribution is 6.03. The summed E-state index contributed by atoms with van der Waals surface area (Å²) in [6.45, 7) is 6.90. The number of aromatic carboxylic acids is 1. The van der Waals surface area contributed by atoms with E-state index in [1.54, 1.807) is 31.2 Å². The molecule has 216 valence electrons. The highest BCUT2D eigenvalue weighted by Gasteiger charge is 2.22. The number of carbonyl (C=O) groups is 2. The molecule has 1 aromatic heterocycles. The molecule has 6 nitrogen and oxygen atoms in total. The van der Waals surface area contributed by atoms with Gasteiger partial charge in [0.1, 0.15) is 5.82 Å². The lowest BCUT2D eigenvalue weighted by atomic mass is 9.90. The second-order valence-electron chi connectivity index (χ2n) is 10.1. The number of nitrogens with one attached hydrogen (secondary N) is 2. The molecule has 0 aliphatic heterocycles. The quantitative estimate of drug-likeness (QED) is 0.200. The molecule has 4 rings (SSSR count). The monoisotopic (exact) mass is 569 g/mol. The molecule has 8 heteroatoms. The Hall–Kier alpha value is -4.85. The van der Waals surface area contributed by atoms with Crippen molar-refractivity contribution in [3.63, 3.8) is 0 Å². The number of carboxylic acids is 1. The highest BCUT2D eigenvalue weighted by atomic mass is 19.2.